The molecule has 0 bridgehead atoms. The van der Waals surface area contributed by atoms with Crippen molar-refractivity contribution in [3.05, 3.63) is 0 Å². The minimum absolute atomic E-state index is 0.709. The van der Waals surface area contributed by atoms with Gasteiger partial charge in [-0.05, 0) is 63.6 Å². The molecule has 2 unspecified atom stereocenters. The molecule has 0 aromatic carbocycles. The Labute approximate surface area is 121 Å². The predicted octanol–water partition coefficient (Wildman–Crippen LogP) is 3.91. The van der Waals surface area contributed by atoms with Gasteiger partial charge in [0.05, 0.1) is 0 Å². The van der Waals surface area contributed by atoms with Crippen LogP contribution in [0.15, 0.2) is 0 Å². The van der Waals surface area contributed by atoms with Crippen LogP contribution < -0.4 is 5.32 Å². The molecule has 114 valence electrons. The number of hydrogen-bond donors (Lipinski definition) is 1. The number of nitrogens with one attached hydrogen (secondary N) is 1. The fourth-order valence-electron chi connectivity index (χ4n) is 3.30. The Hall–Kier alpha value is -0.0800. The zero-order chi connectivity index (χ0) is 14.1. The van der Waals surface area contributed by atoms with Gasteiger partial charge in [0.1, 0.15) is 0 Å². The summed E-state index contributed by atoms with van der Waals surface area (Å²) in [5.41, 5.74) is 0. The number of hydrogen-bond acceptors (Lipinski definition) is 2. The van der Waals surface area contributed by atoms with E-state index < -0.39 is 0 Å². The Balaban J connectivity index is 2.36. The van der Waals surface area contributed by atoms with Gasteiger partial charge in [0.2, 0.25) is 0 Å². The van der Waals surface area contributed by atoms with E-state index in [4.69, 9.17) is 0 Å². The van der Waals surface area contributed by atoms with E-state index in [9.17, 15) is 0 Å². The maximum absolute atomic E-state index is 3.73. The molecule has 0 aromatic heterocycles. The molecule has 1 N–H and O–H groups in total. The van der Waals surface area contributed by atoms with Gasteiger partial charge in [0.15, 0.2) is 0 Å². The molecule has 1 rings (SSSR count). The molecule has 2 heteroatoms. The van der Waals surface area contributed by atoms with Gasteiger partial charge in [0, 0.05) is 12.6 Å². The van der Waals surface area contributed by atoms with Gasteiger partial charge in [0.25, 0.3) is 0 Å². The van der Waals surface area contributed by atoms with E-state index in [1.807, 2.05) is 0 Å². The fraction of sp³-hybridized carbons (Fsp3) is 1.00. The van der Waals surface area contributed by atoms with Crippen LogP contribution in [0.25, 0.3) is 0 Å². The van der Waals surface area contributed by atoms with Gasteiger partial charge in [-0.1, -0.05) is 34.1 Å². The Bertz CT molecular complexity index is 215. The first-order valence-corrected chi connectivity index (χ1v) is 8.63. The van der Waals surface area contributed by atoms with E-state index in [-0.39, 0.29) is 0 Å². The van der Waals surface area contributed by atoms with E-state index in [2.05, 4.69) is 37.9 Å². The second-order valence-corrected chi connectivity index (χ2v) is 6.68. The monoisotopic (exact) mass is 268 g/mol. The molecule has 1 fully saturated rings. The summed E-state index contributed by atoms with van der Waals surface area (Å²) in [6.45, 7) is 14.4. The van der Waals surface area contributed by atoms with Gasteiger partial charge in [-0.2, -0.15) is 0 Å². The highest BCUT2D eigenvalue weighted by atomic mass is 15.1. The summed E-state index contributed by atoms with van der Waals surface area (Å²) in [5, 5.41) is 3.73. The van der Waals surface area contributed by atoms with Crippen LogP contribution in [0.1, 0.15) is 66.2 Å². The van der Waals surface area contributed by atoms with Gasteiger partial charge < -0.3 is 10.2 Å². The fourth-order valence-corrected chi connectivity index (χ4v) is 3.30. The second kappa shape index (κ2) is 9.77. The van der Waals surface area contributed by atoms with E-state index in [0.717, 1.165) is 11.8 Å². The molecule has 0 amide bonds. The summed E-state index contributed by atoms with van der Waals surface area (Å²) in [4.78, 5) is 2.71. The lowest BCUT2D eigenvalue weighted by atomic mass is 9.89. The lowest BCUT2D eigenvalue weighted by molar-refractivity contribution is 0.236. The van der Waals surface area contributed by atoms with Crippen molar-refractivity contribution in [2.75, 3.05) is 26.2 Å². The lowest BCUT2D eigenvalue weighted by Crippen LogP contribution is -2.41. The van der Waals surface area contributed by atoms with Gasteiger partial charge >= 0.3 is 0 Å². The lowest BCUT2D eigenvalue weighted by Gasteiger charge is -2.27. The normalized spacial score (nSPS) is 23.5. The first-order chi connectivity index (χ1) is 9.17. The summed E-state index contributed by atoms with van der Waals surface area (Å²) in [5.74, 6) is 1.82. The van der Waals surface area contributed by atoms with Crippen molar-refractivity contribution >= 4 is 0 Å². The van der Waals surface area contributed by atoms with Crippen molar-refractivity contribution in [3.8, 4) is 0 Å². The molecule has 1 aliphatic rings. The van der Waals surface area contributed by atoms with Crippen LogP contribution in [0, 0.1) is 11.8 Å². The van der Waals surface area contributed by atoms with E-state index >= 15 is 0 Å². The Morgan fingerprint density at radius 2 is 1.89 bits per heavy atom. The molecule has 19 heavy (non-hydrogen) atoms. The largest absolute Gasteiger partial charge is 0.313 e. The molecule has 0 saturated carbocycles. The maximum atomic E-state index is 3.73. The Morgan fingerprint density at radius 3 is 2.53 bits per heavy atom. The molecule has 1 aliphatic heterocycles. The van der Waals surface area contributed by atoms with Crippen LogP contribution in [0.5, 0.6) is 0 Å². The molecular formula is C17H36N2. The smallest absolute Gasteiger partial charge is 0.0194 e. The van der Waals surface area contributed by atoms with Crippen molar-refractivity contribution in [1.82, 2.24) is 10.2 Å². The standard InChI is InChI=1S/C17H36N2/c1-5-8-17(18-11-6-2)14-19-12-7-9-16(10-13-19)15(3)4/h15-18H,5-14H2,1-4H3. The van der Waals surface area contributed by atoms with Crippen LogP contribution >= 0.6 is 0 Å². The average molecular weight is 268 g/mol. The number of nitrogens with zero attached hydrogens (tertiary/aromatic N) is 1. The third-order valence-corrected chi connectivity index (χ3v) is 4.61. The summed E-state index contributed by atoms with van der Waals surface area (Å²) in [6.07, 6.45) is 8.11. The van der Waals surface area contributed by atoms with Crippen LogP contribution in [0.2, 0.25) is 0 Å². The number of likely N-dealkylation sites (tertiary alicyclic amines) is 1. The van der Waals surface area contributed by atoms with Crippen molar-refractivity contribution in [3.63, 3.8) is 0 Å². The molecule has 1 heterocycles. The highest BCUT2D eigenvalue weighted by Gasteiger charge is 2.21. The first kappa shape index (κ1) is 17.0. The summed E-state index contributed by atoms with van der Waals surface area (Å²) in [7, 11) is 0. The van der Waals surface area contributed by atoms with Gasteiger partial charge in [-0.15, -0.1) is 0 Å². The minimum atomic E-state index is 0.709. The molecule has 2 atom stereocenters. The molecule has 1 saturated heterocycles. The Kier molecular flexibility index (Phi) is 8.72. The first-order valence-electron chi connectivity index (χ1n) is 8.63. The minimum Gasteiger partial charge on any atom is -0.313 e. The van der Waals surface area contributed by atoms with Crippen molar-refractivity contribution in [2.45, 2.75) is 72.3 Å². The van der Waals surface area contributed by atoms with Crippen molar-refractivity contribution in [1.29, 1.82) is 0 Å². The van der Waals surface area contributed by atoms with Crippen LogP contribution in [0.4, 0.5) is 0 Å². The van der Waals surface area contributed by atoms with E-state index in [1.165, 1.54) is 64.7 Å². The summed E-state index contributed by atoms with van der Waals surface area (Å²) < 4.78 is 0. The van der Waals surface area contributed by atoms with Gasteiger partial charge in [-0.25, -0.2) is 0 Å². The van der Waals surface area contributed by atoms with Gasteiger partial charge in [-0.3, -0.25) is 0 Å². The zero-order valence-corrected chi connectivity index (χ0v) is 13.8. The zero-order valence-electron chi connectivity index (χ0n) is 13.8. The quantitative estimate of drug-likeness (QED) is 0.718. The third-order valence-electron chi connectivity index (χ3n) is 4.61. The third kappa shape index (κ3) is 6.76. The van der Waals surface area contributed by atoms with Crippen LogP contribution in [0.3, 0.4) is 0 Å². The highest BCUT2D eigenvalue weighted by molar-refractivity contribution is 4.77. The molecule has 0 spiro atoms. The molecule has 0 aromatic rings. The van der Waals surface area contributed by atoms with Crippen molar-refractivity contribution in [2.24, 2.45) is 11.8 Å². The van der Waals surface area contributed by atoms with Crippen LogP contribution in [-0.4, -0.2) is 37.1 Å². The Morgan fingerprint density at radius 1 is 1.11 bits per heavy atom. The highest BCUT2D eigenvalue weighted by Crippen LogP contribution is 2.24. The maximum Gasteiger partial charge on any atom is 0.0194 e. The SMILES string of the molecule is CCCNC(CCC)CN1CCCC(C(C)C)CC1. The molecular weight excluding hydrogens is 232 g/mol. The summed E-state index contributed by atoms with van der Waals surface area (Å²) in [6, 6.07) is 0.709. The number of rotatable bonds is 8. The van der Waals surface area contributed by atoms with Crippen molar-refractivity contribution < 1.29 is 0 Å². The molecule has 2 nitrogen and oxygen atoms in total. The predicted molar refractivity (Wildman–Crippen MR) is 85.6 cm³/mol. The summed E-state index contributed by atoms with van der Waals surface area (Å²) >= 11 is 0. The second-order valence-electron chi connectivity index (χ2n) is 6.68. The van der Waals surface area contributed by atoms with Crippen LogP contribution in [-0.2, 0) is 0 Å². The van der Waals surface area contributed by atoms with E-state index in [0.29, 0.717) is 6.04 Å². The van der Waals surface area contributed by atoms with E-state index in [1.54, 1.807) is 0 Å². The average Bonchev–Trinajstić information content (AvgIpc) is 2.62. The molecule has 0 aliphatic carbocycles. The molecule has 0 radical (unpaired) electrons. The topological polar surface area (TPSA) is 15.3 Å².